The van der Waals surface area contributed by atoms with Crippen molar-refractivity contribution in [3.8, 4) is 5.75 Å². The molecular weight excluding hydrogens is 441 g/mol. The van der Waals surface area contributed by atoms with Crippen LogP contribution in [0.15, 0.2) is 55.3 Å². The van der Waals surface area contributed by atoms with Gasteiger partial charge in [-0.2, -0.15) is 0 Å². The maximum Gasteiger partial charge on any atom is 0.137 e. The summed E-state index contributed by atoms with van der Waals surface area (Å²) in [5.41, 5.74) is 1.32. The number of piperidine rings is 3. The van der Waals surface area contributed by atoms with Crippen LogP contribution < -0.4 is 4.74 Å². The number of ether oxygens (including phenoxy) is 1. The van der Waals surface area contributed by atoms with Gasteiger partial charge in [0.15, 0.2) is 0 Å². The number of nitrogens with zero attached hydrogens (tertiary/aromatic N) is 2. The van der Waals surface area contributed by atoms with E-state index < -0.39 is 23.6 Å². The van der Waals surface area contributed by atoms with Gasteiger partial charge in [0.05, 0.1) is 31.3 Å². The van der Waals surface area contributed by atoms with E-state index in [0.717, 1.165) is 29.5 Å². The minimum Gasteiger partial charge on any atom is -0.497 e. The first-order valence-electron chi connectivity index (χ1n) is 11.6. The quantitative estimate of drug-likeness (QED) is 0.393. The smallest absolute Gasteiger partial charge is 0.137 e. The summed E-state index contributed by atoms with van der Waals surface area (Å²) < 4.78 is 48.7. The molecule has 4 nitrogen and oxygen atoms in total. The van der Waals surface area contributed by atoms with Crippen LogP contribution >= 0.6 is 0 Å². The SMILES string of the molecule is C=CC1C[N+]2(Cc3c(F)cc(F)cc3F)CCC1CC2[C@@H](O)c1ccnc2ccc(OC)cc12. The molecule has 3 aromatic rings. The Bertz CT molecular complexity index is 1230. The van der Waals surface area contributed by atoms with Gasteiger partial charge in [0.2, 0.25) is 0 Å². The van der Waals surface area contributed by atoms with Crippen molar-refractivity contribution >= 4 is 10.9 Å². The Balaban J connectivity index is 1.59. The van der Waals surface area contributed by atoms with E-state index >= 15 is 0 Å². The molecule has 6 rings (SSSR count). The van der Waals surface area contributed by atoms with Crippen LogP contribution in [0.5, 0.6) is 5.75 Å². The largest absolute Gasteiger partial charge is 0.497 e. The second-order valence-corrected chi connectivity index (χ2v) is 9.61. The number of aliphatic hydroxyl groups excluding tert-OH is 1. The van der Waals surface area contributed by atoms with Crippen LogP contribution in [0.2, 0.25) is 0 Å². The molecule has 1 aromatic heterocycles. The van der Waals surface area contributed by atoms with E-state index in [0.29, 0.717) is 41.2 Å². The van der Waals surface area contributed by atoms with Gasteiger partial charge in [0.25, 0.3) is 0 Å². The fourth-order valence-electron chi connectivity index (χ4n) is 6.16. The predicted octanol–water partition coefficient (Wildman–Crippen LogP) is 5.31. The molecule has 0 radical (unpaired) electrons. The molecule has 5 atom stereocenters. The highest BCUT2D eigenvalue weighted by atomic mass is 19.1. The zero-order chi connectivity index (χ0) is 24.0. The highest BCUT2D eigenvalue weighted by Crippen LogP contribution is 2.48. The lowest BCUT2D eigenvalue weighted by molar-refractivity contribution is -0.985. The van der Waals surface area contributed by atoms with Gasteiger partial charge in [-0.05, 0) is 35.7 Å². The van der Waals surface area contributed by atoms with Gasteiger partial charge in [-0.25, -0.2) is 13.2 Å². The summed E-state index contributed by atoms with van der Waals surface area (Å²) in [6.07, 6.45) is 4.30. The molecule has 7 heteroatoms. The molecule has 3 fully saturated rings. The molecule has 0 amide bonds. The Morgan fingerprint density at radius 1 is 1.21 bits per heavy atom. The summed E-state index contributed by atoms with van der Waals surface area (Å²) in [5.74, 6) is -1.51. The van der Waals surface area contributed by atoms with Crippen molar-refractivity contribution in [3.63, 3.8) is 0 Å². The van der Waals surface area contributed by atoms with Crippen LogP contribution in [0.3, 0.4) is 0 Å². The summed E-state index contributed by atoms with van der Waals surface area (Å²) in [4.78, 5) is 4.41. The number of halogens is 3. The Hall–Kier alpha value is -2.90. The van der Waals surface area contributed by atoms with Crippen molar-refractivity contribution in [3.05, 3.63) is 83.8 Å². The van der Waals surface area contributed by atoms with Gasteiger partial charge in [-0.3, -0.25) is 4.98 Å². The predicted molar refractivity (Wildman–Crippen MR) is 123 cm³/mol. The topological polar surface area (TPSA) is 42.4 Å². The number of methoxy groups -OCH3 is 1. The van der Waals surface area contributed by atoms with Crippen LogP contribution in [-0.4, -0.2) is 40.8 Å². The third kappa shape index (κ3) is 3.77. The number of pyridine rings is 1. The van der Waals surface area contributed by atoms with Crippen molar-refractivity contribution in [2.45, 2.75) is 31.5 Å². The summed E-state index contributed by atoms with van der Waals surface area (Å²) >= 11 is 0. The van der Waals surface area contributed by atoms with Crippen LogP contribution in [0.4, 0.5) is 13.2 Å². The fraction of sp³-hybridized carbons (Fsp3) is 0.370. The van der Waals surface area contributed by atoms with E-state index in [1.807, 2.05) is 24.3 Å². The molecule has 178 valence electrons. The number of fused-ring (bicyclic) bond motifs is 4. The average Bonchev–Trinajstić information content (AvgIpc) is 2.85. The van der Waals surface area contributed by atoms with Crippen molar-refractivity contribution in [2.75, 3.05) is 20.2 Å². The zero-order valence-electron chi connectivity index (χ0n) is 19.1. The number of quaternary nitrogens is 1. The Morgan fingerprint density at radius 2 is 1.97 bits per heavy atom. The number of benzene rings is 2. The highest BCUT2D eigenvalue weighted by Gasteiger charge is 2.54. The average molecular weight is 470 g/mol. The maximum atomic E-state index is 14.7. The molecule has 3 aliphatic rings. The monoisotopic (exact) mass is 469 g/mol. The Kier molecular flexibility index (Phi) is 5.86. The van der Waals surface area contributed by atoms with Crippen molar-refractivity contribution in [1.82, 2.24) is 4.98 Å². The molecule has 2 bridgehead atoms. The highest BCUT2D eigenvalue weighted by molar-refractivity contribution is 5.83. The minimum atomic E-state index is -0.936. The second-order valence-electron chi connectivity index (χ2n) is 9.61. The molecular formula is C27H28F3N2O2+. The van der Waals surface area contributed by atoms with Crippen LogP contribution in [0.1, 0.15) is 30.1 Å². The van der Waals surface area contributed by atoms with E-state index in [2.05, 4.69) is 11.6 Å². The van der Waals surface area contributed by atoms with Gasteiger partial charge in [0, 0.05) is 42.5 Å². The number of aromatic nitrogens is 1. The summed E-state index contributed by atoms with van der Waals surface area (Å²) in [5, 5.41) is 12.5. The van der Waals surface area contributed by atoms with E-state index in [9.17, 15) is 18.3 Å². The molecule has 2 aromatic carbocycles. The molecule has 0 spiro atoms. The first kappa shape index (κ1) is 22.9. The van der Waals surface area contributed by atoms with Gasteiger partial charge >= 0.3 is 0 Å². The van der Waals surface area contributed by atoms with Gasteiger partial charge in [-0.1, -0.05) is 6.08 Å². The minimum absolute atomic E-state index is 0.0447. The van der Waals surface area contributed by atoms with Gasteiger partial charge < -0.3 is 14.3 Å². The van der Waals surface area contributed by atoms with Crippen molar-refractivity contribution in [1.29, 1.82) is 0 Å². The van der Waals surface area contributed by atoms with Gasteiger partial charge in [-0.15, -0.1) is 6.58 Å². The van der Waals surface area contributed by atoms with Crippen molar-refractivity contribution in [2.24, 2.45) is 11.8 Å². The molecule has 3 saturated heterocycles. The standard InChI is InChI=1S/C27H28F3N2O2/c1-3-16-14-32(15-22-23(29)11-18(28)12-24(22)30)9-7-17(16)10-26(32)27(33)20-6-8-31-25-5-4-19(34-2)13-21(20)25/h3-6,8,11-13,16-17,26-27,33H,1,7,9-10,14-15H2,2H3/q+1/t16?,17?,26?,27-,32?/m0/s1. The van der Waals surface area contributed by atoms with E-state index in [-0.39, 0.29) is 24.1 Å². The number of hydrogen-bond acceptors (Lipinski definition) is 3. The molecule has 1 N–H and O–H groups in total. The molecule has 0 aliphatic carbocycles. The third-order valence-corrected chi connectivity index (χ3v) is 7.92. The first-order valence-corrected chi connectivity index (χ1v) is 11.6. The lowest BCUT2D eigenvalue weighted by atomic mass is 9.71. The summed E-state index contributed by atoms with van der Waals surface area (Å²) in [6.45, 7) is 5.33. The van der Waals surface area contributed by atoms with Crippen LogP contribution in [-0.2, 0) is 6.54 Å². The van der Waals surface area contributed by atoms with Crippen LogP contribution in [0, 0.1) is 29.3 Å². The molecule has 4 heterocycles. The normalized spacial score (nSPS) is 27.0. The number of hydrogen-bond donors (Lipinski definition) is 1. The molecule has 3 aliphatic heterocycles. The fourth-order valence-corrected chi connectivity index (χ4v) is 6.16. The molecule has 0 saturated carbocycles. The van der Waals surface area contributed by atoms with Crippen molar-refractivity contribution < 1.29 is 27.5 Å². The summed E-state index contributed by atoms with van der Waals surface area (Å²) in [6, 6.07) is 8.50. The van der Waals surface area contributed by atoms with Crippen LogP contribution in [0.25, 0.3) is 10.9 Å². The third-order valence-electron chi connectivity index (χ3n) is 7.92. The summed E-state index contributed by atoms with van der Waals surface area (Å²) in [7, 11) is 1.58. The lowest BCUT2D eigenvalue weighted by Crippen LogP contribution is -2.67. The number of rotatable bonds is 6. The van der Waals surface area contributed by atoms with E-state index in [1.165, 1.54) is 0 Å². The lowest BCUT2D eigenvalue weighted by Gasteiger charge is -2.58. The first-order chi connectivity index (χ1) is 16.3. The molecule has 4 unspecified atom stereocenters. The Morgan fingerprint density at radius 3 is 2.68 bits per heavy atom. The zero-order valence-corrected chi connectivity index (χ0v) is 19.1. The van der Waals surface area contributed by atoms with E-state index in [1.54, 1.807) is 19.4 Å². The second kappa shape index (κ2) is 8.71. The van der Waals surface area contributed by atoms with E-state index in [4.69, 9.17) is 4.74 Å². The van der Waals surface area contributed by atoms with Gasteiger partial charge in [0.1, 0.15) is 41.9 Å². The Labute approximate surface area is 196 Å². The molecule has 34 heavy (non-hydrogen) atoms. The number of aliphatic hydroxyl groups is 1. The maximum absolute atomic E-state index is 14.7.